The molecule has 0 aliphatic heterocycles. The number of rotatable bonds is 8. The molecule has 0 atom stereocenters. The molecule has 0 amide bonds. The van der Waals surface area contributed by atoms with Crippen LogP contribution in [0.5, 0.6) is 0 Å². The number of nitrogens with zero attached hydrogens (tertiary/aromatic N) is 4. The van der Waals surface area contributed by atoms with Crippen molar-refractivity contribution in [3.05, 3.63) is 88.9 Å². The molecule has 0 heterocycles. The van der Waals surface area contributed by atoms with Gasteiger partial charge in [0.05, 0.1) is 21.0 Å². The number of carbonyl (C=O) groups excluding carboxylic acids is 2. The Labute approximate surface area is 254 Å². The number of ketones is 2. The minimum absolute atomic E-state index is 0. The molecule has 2 aromatic rings. The molecule has 0 saturated carbocycles. The predicted molar refractivity (Wildman–Crippen MR) is 141 cm³/mol. The number of carbonyl (C=O) groups is 2. The number of benzene rings is 2. The second-order valence-corrected chi connectivity index (χ2v) is 9.38. The van der Waals surface area contributed by atoms with Gasteiger partial charge in [-0.15, -0.1) is 0 Å². The summed E-state index contributed by atoms with van der Waals surface area (Å²) in [5.74, 6) is -4.34. The molecule has 0 spiro atoms. The number of Topliss-reactive ketones (excluding diaryl/α,β-unsaturated/α-hetero) is 2. The number of hydrogen-bond acceptors (Lipinski definition) is 10. The number of allylic oxidation sites excluding steroid dienone is 2. The van der Waals surface area contributed by atoms with E-state index in [2.05, 4.69) is 0 Å². The number of halogens is 2. The summed E-state index contributed by atoms with van der Waals surface area (Å²) in [4.78, 5) is 43.8. The maximum absolute atomic E-state index is 12.1. The summed E-state index contributed by atoms with van der Waals surface area (Å²) in [5, 5.41) is 64.1. The topological polar surface area (TPSA) is 214 Å². The van der Waals surface area contributed by atoms with Crippen molar-refractivity contribution in [1.82, 2.24) is 0 Å². The standard InChI is InChI=1S/2C13H11ClN2O4.Cu/c2*1-7(2)12(17)10(6-15)13(18)9-4-3-8(14)5-11(9)16(19)20;/h2*3-5,7,18H,1-2H3;/q;;+2/p-2. The van der Waals surface area contributed by atoms with Gasteiger partial charge >= 0.3 is 17.1 Å². The van der Waals surface area contributed by atoms with Crippen molar-refractivity contribution in [2.75, 3.05) is 0 Å². The first-order valence-corrected chi connectivity index (χ1v) is 11.9. The van der Waals surface area contributed by atoms with Crippen LogP contribution < -0.4 is 10.2 Å². The van der Waals surface area contributed by atoms with Gasteiger partial charge in [-0.25, -0.2) is 0 Å². The monoisotopic (exact) mass is 649 g/mol. The Morgan fingerprint density at radius 1 is 0.732 bits per heavy atom. The van der Waals surface area contributed by atoms with Crippen LogP contribution >= 0.6 is 23.2 Å². The van der Waals surface area contributed by atoms with E-state index in [0.717, 1.165) is 24.3 Å². The first-order chi connectivity index (χ1) is 18.6. The van der Waals surface area contributed by atoms with Crippen LogP contribution in [0.25, 0.3) is 11.5 Å². The van der Waals surface area contributed by atoms with Crippen molar-refractivity contribution < 1.29 is 46.7 Å². The average Bonchev–Trinajstić information content (AvgIpc) is 2.89. The van der Waals surface area contributed by atoms with Gasteiger partial charge in [-0.2, -0.15) is 10.5 Å². The molecule has 217 valence electrons. The van der Waals surface area contributed by atoms with Crippen LogP contribution in [0.15, 0.2) is 47.5 Å². The van der Waals surface area contributed by atoms with Crippen molar-refractivity contribution in [1.29, 1.82) is 10.5 Å². The molecule has 1 radical (unpaired) electrons. The van der Waals surface area contributed by atoms with Gasteiger partial charge in [-0.05, 0) is 24.3 Å². The van der Waals surface area contributed by atoms with Crippen molar-refractivity contribution in [3.63, 3.8) is 0 Å². The summed E-state index contributed by atoms with van der Waals surface area (Å²) < 4.78 is 0. The van der Waals surface area contributed by atoms with Crippen molar-refractivity contribution >= 4 is 57.7 Å². The SMILES string of the molecule is CC(C)C(=O)C(C#N)=C([O-])c1ccc(Cl)cc1[N+](=O)[O-].CC(C)C(=O)C(C#N)=C([O-])c1ccc(Cl)cc1[N+](=O)[O-].[Cu+2]. The largest absolute Gasteiger partial charge is 2.00 e. The zero-order valence-electron chi connectivity index (χ0n) is 21.7. The third kappa shape index (κ3) is 9.41. The van der Waals surface area contributed by atoms with E-state index in [1.807, 2.05) is 0 Å². The van der Waals surface area contributed by atoms with Crippen LogP contribution in [0.1, 0.15) is 38.8 Å². The van der Waals surface area contributed by atoms with Crippen molar-refractivity contribution in [2.45, 2.75) is 27.7 Å². The fourth-order valence-electron chi connectivity index (χ4n) is 2.98. The van der Waals surface area contributed by atoms with E-state index in [1.165, 1.54) is 52.0 Å². The van der Waals surface area contributed by atoms with Gasteiger partial charge in [-0.1, -0.05) is 62.4 Å². The van der Waals surface area contributed by atoms with Gasteiger partial charge in [-0.3, -0.25) is 29.8 Å². The van der Waals surface area contributed by atoms with E-state index in [-0.39, 0.29) is 38.2 Å². The Morgan fingerprint density at radius 3 is 1.24 bits per heavy atom. The summed E-state index contributed by atoms with van der Waals surface area (Å²) in [6.07, 6.45) is 0. The minimum Gasteiger partial charge on any atom is -0.871 e. The quantitative estimate of drug-likeness (QED) is 0.0994. The summed E-state index contributed by atoms with van der Waals surface area (Å²) in [5.41, 5.74) is -2.97. The van der Waals surface area contributed by atoms with E-state index in [1.54, 1.807) is 0 Å². The number of nitro groups is 2. The van der Waals surface area contributed by atoms with Gasteiger partial charge in [0.2, 0.25) is 0 Å². The van der Waals surface area contributed by atoms with Crippen LogP contribution in [0.2, 0.25) is 10.0 Å². The second-order valence-electron chi connectivity index (χ2n) is 8.51. The van der Waals surface area contributed by atoms with Gasteiger partial charge in [0, 0.05) is 45.1 Å². The zero-order valence-corrected chi connectivity index (χ0v) is 24.2. The Bertz CT molecular complexity index is 1410. The fraction of sp³-hybridized carbons (Fsp3) is 0.231. The number of hydrogen-bond donors (Lipinski definition) is 0. The number of nitro benzene ring substituents is 2. The van der Waals surface area contributed by atoms with E-state index < -0.39 is 67.3 Å². The molecular weight excluding hydrogens is 631 g/mol. The van der Waals surface area contributed by atoms with E-state index in [0.29, 0.717) is 0 Å². The second kappa shape index (κ2) is 16.1. The van der Waals surface area contributed by atoms with Crippen molar-refractivity contribution in [3.8, 4) is 12.1 Å². The molecule has 41 heavy (non-hydrogen) atoms. The van der Waals surface area contributed by atoms with Crippen LogP contribution in [-0.4, -0.2) is 21.4 Å². The molecule has 0 bridgehead atoms. The Balaban J connectivity index is 0.000000762. The maximum atomic E-state index is 12.1. The Kier molecular flexibility index (Phi) is 14.4. The summed E-state index contributed by atoms with van der Waals surface area (Å²) >= 11 is 11.3. The normalized spacial score (nSPS) is 11.5. The molecule has 2 aromatic carbocycles. The maximum Gasteiger partial charge on any atom is 2.00 e. The molecule has 15 heteroatoms. The predicted octanol–water partition coefficient (Wildman–Crippen LogP) is 4.13. The van der Waals surface area contributed by atoms with Crippen LogP contribution in [0.4, 0.5) is 11.4 Å². The summed E-state index contributed by atoms with van der Waals surface area (Å²) in [7, 11) is 0. The molecule has 0 aliphatic rings. The van der Waals surface area contributed by atoms with E-state index >= 15 is 0 Å². The zero-order chi connectivity index (χ0) is 30.9. The molecule has 0 aromatic heterocycles. The third-order valence-electron chi connectivity index (χ3n) is 5.02. The van der Waals surface area contributed by atoms with Crippen LogP contribution in [0, 0.1) is 54.7 Å². The molecule has 0 saturated heterocycles. The van der Waals surface area contributed by atoms with Gasteiger partial charge in [0.15, 0.2) is 11.6 Å². The molecule has 0 N–H and O–H groups in total. The molecule has 12 nitrogen and oxygen atoms in total. The molecule has 0 aliphatic carbocycles. The molecule has 0 fully saturated rings. The van der Waals surface area contributed by atoms with E-state index in [9.17, 15) is 40.0 Å². The third-order valence-corrected chi connectivity index (χ3v) is 5.49. The Hall–Kier alpha value is -4.26. The van der Waals surface area contributed by atoms with E-state index in [4.69, 9.17) is 33.7 Å². The van der Waals surface area contributed by atoms with Gasteiger partial charge in [0.25, 0.3) is 11.4 Å². The average molecular weight is 651 g/mol. The smallest absolute Gasteiger partial charge is 0.871 e. The molecule has 0 unspecified atom stereocenters. The molecule has 2 rings (SSSR count). The minimum atomic E-state index is -0.963. The van der Waals surface area contributed by atoms with Crippen LogP contribution in [0.3, 0.4) is 0 Å². The first kappa shape index (κ1) is 36.7. The number of nitriles is 2. The summed E-state index contributed by atoms with van der Waals surface area (Å²) in [6, 6.07) is 9.90. The van der Waals surface area contributed by atoms with Gasteiger partial charge in [0.1, 0.15) is 12.1 Å². The Morgan fingerprint density at radius 2 is 1.02 bits per heavy atom. The first-order valence-electron chi connectivity index (χ1n) is 11.2. The van der Waals surface area contributed by atoms with Gasteiger partial charge < -0.3 is 10.2 Å². The summed E-state index contributed by atoms with van der Waals surface area (Å²) in [6.45, 7) is 6.12. The fourth-order valence-corrected chi connectivity index (χ4v) is 3.31. The van der Waals surface area contributed by atoms with Crippen LogP contribution in [-0.2, 0) is 26.7 Å². The van der Waals surface area contributed by atoms with Crippen molar-refractivity contribution in [2.24, 2.45) is 11.8 Å². The molecular formula is C26H20Cl2CuN4O8.